The summed E-state index contributed by atoms with van der Waals surface area (Å²) in [6.45, 7) is 0.992. The van der Waals surface area contributed by atoms with Crippen molar-refractivity contribution in [1.82, 2.24) is 0 Å². The summed E-state index contributed by atoms with van der Waals surface area (Å²) in [5.74, 6) is 0. The van der Waals surface area contributed by atoms with Gasteiger partial charge in [-0.25, -0.2) is 0 Å². The van der Waals surface area contributed by atoms with Gasteiger partial charge < -0.3 is 15.7 Å². The van der Waals surface area contributed by atoms with Crippen LogP contribution in [0.3, 0.4) is 0 Å². The lowest BCUT2D eigenvalue weighted by molar-refractivity contribution is 0.255. The Morgan fingerprint density at radius 2 is 1.89 bits per heavy atom. The lowest BCUT2D eigenvalue weighted by Gasteiger charge is -2.32. The largest absolute Gasteiger partial charge is 0.399 e. The molecule has 1 aliphatic heterocycles. The van der Waals surface area contributed by atoms with Crippen molar-refractivity contribution in [3.05, 3.63) is 22.2 Å². The number of rotatable bonds is 2. The van der Waals surface area contributed by atoms with Crippen LogP contribution in [-0.2, 0) is 0 Å². The Balaban J connectivity index is 2.38. The summed E-state index contributed by atoms with van der Waals surface area (Å²) in [6.07, 6.45) is 4.37. The van der Waals surface area contributed by atoms with E-state index < -0.39 is 0 Å². The zero-order chi connectivity index (χ0) is 13.1. The zero-order valence-corrected chi connectivity index (χ0v) is 11.7. The highest BCUT2D eigenvalue weighted by Crippen LogP contribution is 2.38. The highest BCUT2D eigenvalue weighted by atomic mass is 35.5. The smallest absolute Gasteiger partial charge is 0.0749 e. The Hall–Kier alpha value is -0.640. The predicted molar refractivity (Wildman–Crippen MR) is 77.6 cm³/mol. The fourth-order valence-electron chi connectivity index (χ4n) is 2.52. The third-order valence-corrected chi connectivity index (χ3v) is 3.99. The van der Waals surface area contributed by atoms with Gasteiger partial charge >= 0.3 is 0 Å². The molecular formula is C13H18Cl2N2O. The summed E-state index contributed by atoms with van der Waals surface area (Å²) in [6, 6.07) is 3.51. The molecule has 1 aliphatic rings. The van der Waals surface area contributed by atoms with Crippen LogP contribution in [0.2, 0.25) is 10.0 Å². The van der Waals surface area contributed by atoms with Crippen molar-refractivity contribution in [2.75, 3.05) is 23.8 Å². The minimum Gasteiger partial charge on any atom is -0.399 e. The van der Waals surface area contributed by atoms with Crippen LogP contribution in [0.25, 0.3) is 0 Å². The standard InChI is InChI=1S/C13H18Cl2N2O/c14-11-6-9(16)7-12(15)13(11)17-5-3-1-2-4-10(17)8-18/h6-7,10,18H,1-5,8,16H2. The first-order chi connectivity index (χ1) is 8.63. The molecule has 0 spiro atoms. The number of halogens is 2. The van der Waals surface area contributed by atoms with Gasteiger partial charge in [-0.1, -0.05) is 36.0 Å². The van der Waals surface area contributed by atoms with Crippen LogP contribution in [0.5, 0.6) is 0 Å². The Morgan fingerprint density at radius 3 is 2.50 bits per heavy atom. The highest BCUT2D eigenvalue weighted by molar-refractivity contribution is 6.39. The van der Waals surface area contributed by atoms with Gasteiger partial charge in [0.1, 0.15) is 0 Å². The van der Waals surface area contributed by atoms with E-state index in [4.69, 9.17) is 28.9 Å². The molecule has 0 saturated carbocycles. The van der Waals surface area contributed by atoms with Crippen molar-refractivity contribution in [3.8, 4) is 0 Å². The van der Waals surface area contributed by atoms with Gasteiger partial charge in [0.2, 0.25) is 0 Å². The van der Waals surface area contributed by atoms with Gasteiger partial charge in [0.25, 0.3) is 0 Å². The van der Waals surface area contributed by atoms with Crippen LogP contribution in [0, 0.1) is 0 Å². The molecule has 18 heavy (non-hydrogen) atoms. The maximum Gasteiger partial charge on any atom is 0.0749 e. The number of hydrogen-bond donors (Lipinski definition) is 2. The first kappa shape index (κ1) is 13.8. The second-order valence-electron chi connectivity index (χ2n) is 4.71. The van der Waals surface area contributed by atoms with Gasteiger partial charge in [-0.3, -0.25) is 0 Å². The number of nitrogen functional groups attached to an aromatic ring is 1. The van der Waals surface area contributed by atoms with Crippen LogP contribution < -0.4 is 10.6 Å². The summed E-state index contributed by atoms with van der Waals surface area (Å²) < 4.78 is 0. The number of aliphatic hydroxyl groups is 1. The average molecular weight is 289 g/mol. The molecule has 3 nitrogen and oxygen atoms in total. The molecular weight excluding hydrogens is 271 g/mol. The molecule has 0 amide bonds. The molecule has 100 valence electrons. The van der Waals surface area contributed by atoms with Gasteiger partial charge in [-0.15, -0.1) is 0 Å². The molecule has 1 aromatic carbocycles. The number of benzene rings is 1. The highest BCUT2D eigenvalue weighted by Gasteiger charge is 2.24. The van der Waals surface area contributed by atoms with E-state index in [0.29, 0.717) is 15.7 Å². The van der Waals surface area contributed by atoms with E-state index >= 15 is 0 Å². The van der Waals surface area contributed by atoms with E-state index in [2.05, 4.69) is 4.90 Å². The molecule has 2 rings (SSSR count). The van der Waals surface area contributed by atoms with Crippen LogP contribution in [-0.4, -0.2) is 24.3 Å². The fourth-order valence-corrected chi connectivity index (χ4v) is 3.24. The van der Waals surface area contributed by atoms with E-state index in [1.165, 1.54) is 6.42 Å². The summed E-state index contributed by atoms with van der Waals surface area (Å²) in [5, 5.41) is 10.6. The molecule has 1 saturated heterocycles. The molecule has 5 heteroatoms. The van der Waals surface area contributed by atoms with E-state index in [9.17, 15) is 5.11 Å². The second kappa shape index (κ2) is 6.00. The molecule has 0 aromatic heterocycles. The van der Waals surface area contributed by atoms with Crippen molar-refractivity contribution in [3.63, 3.8) is 0 Å². The van der Waals surface area contributed by atoms with Crippen molar-refractivity contribution in [2.24, 2.45) is 0 Å². The van der Waals surface area contributed by atoms with Gasteiger partial charge in [-0.05, 0) is 25.0 Å². The quantitative estimate of drug-likeness (QED) is 0.821. The number of nitrogens with two attached hydrogens (primary N) is 1. The number of anilines is 2. The van der Waals surface area contributed by atoms with Crippen molar-refractivity contribution >= 4 is 34.6 Å². The molecule has 0 bridgehead atoms. The topological polar surface area (TPSA) is 49.5 Å². The molecule has 1 unspecified atom stereocenters. The summed E-state index contributed by atoms with van der Waals surface area (Å²) in [7, 11) is 0. The average Bonchev–Trinajstić information content (AvgIpc) is 2.53. The summed E-state index contributed by atoms with van der Waals surface area (Å²) >= 11 is 12.5. The SMILES string of the molecule is Nc1cc(Cl)c(N2CCCCCC2CO)c(Cl)c1. The normalized spacial score (nSPS) is 20.8. The van der Waals surface area contributed by atoms with Crippen LogP contribution >= 0.6 is 23.2 Å². The maximum atomic E-state index is 9.53. The Morgan fingerprint density at radius 1 is 1.22 bits per heavy atom. The maximum absolute atomic E-state index is 9.53. The summed E-state index contributed by atoms with van der Waals surface area (Å²) in [4.78, 5) is 2.12. The minimum atomic E-state index is 0.0890. The van der Waals surface area contributed by atoms with Crippen LogP contribution in [0.1, 0.15) is 25.7 Å². The minimum absolute atomic E-state index is 0.0890. The lowest BCUT2D eigenvalue weighted by Crippen LogP contribution is -2.38. The van der Waals surface area contributed by atoms with E-state index in [0.717, 1.165) is 31.5 Å². The van der Waals surface area contributed by atoms with Crippen molar-refractivity contribution in [2.45, 2.75) is 31.7 Å². The second-order valence-corrected chi connectivity index (χ2v) is 5.53. The van der Waals surface area contributed by atoms with Crippen LogP contribution in [0.4, 0.5) is 11.4 Å². The van der Waals surface area contributed by atoms with Crippen LogP contribution in [0.15, 0.2) is 12.1 Å². The molecule has 0 aliphatic carbocycles. The zero-order valence-electron chi connectivity index (χ0n) is 10.2. The van der Waals surface area contributed by atoms with Gasteiger partial charge in [-0.2, -0.15) is 0 Å². The van der Waals surface area contributed by atoms with Gasteiger partial charge in [0.05, 0.1) is 28.4 Å². The molecule has 1 heterocycles. The molecule has 0 radical (unpaired) electrons. The summed E-state index contributed by atoms with van der Waals surface area (Å²) in [5.41, 5.74) is 7.08. The molecule has 1 fully saturated rings. The predicted octanol–water partition coefficient (Wildman–Crippen LogP) is 3.32. The third-order valence-electron chi connectivity index (χ3n) is 3.41. The van der Waals surface area contributed by atoms with E-state index in [-0.39, 0.29) is 12.6 Å². The number of nitrogens with zero attached hydrogens (tertiary/aromatic N) is 1. The number of aliphatic hydroxyl groups excluding tert-OH is 1. The third kappa shape index (κ3) is 2.85. The molecule has 1 atom stereocenters. The Kier molecular flexibility index (Phi) is 4.60. The monoisotopic (exact) mass is 288 g/mol. The molecule has 3 N–H and O–H groups in total. The van der Waals surface area contributed by atoms with Crippen molar-refractivity contribution < 1.29 is 5.11 Å². The van der Waals surface area contributed by atoms with E-state index in [1.807, 2.05) is 0 Å². The first-order valence-electron chi connectivity index (χ1n) is 6.25. The fraction of sp³-hybridized carbons (Fsp3) is 0.538. The Labute approximate surface area is 117 Å². The van der Waals surface area contributed by atoms with Crippen molar-refractivity contribution in [1.29, 1.82) is 0 Å². The van der Waals surface area contributed by atoms with Gasteiger partial charge in [0, 0.05) is 12.2 Å². The Bertz CT molecular complexity index is 402. The van der Waals surface area contributed by atoms with E-state index in [1.54, 1.807) is 12.1 Å². The molecule has 1 aromatic rings. The first-order valence-corrected chi connectivity index (χ1v) is 7.01. The lowest BCUT2D eigenvalue weighted by atomic mass is 10.1. The number of hydrogen-bond acceptors (Lipinski definition) is 3. The van der Waals surface area contributed by atoms with Gasteiger partial charge in [0.15, 0.2) is 0 Å².